The van der Waals surface area contributed by atoms with Crippen molar-refractivity contribution in [3.05, 3.63) is 35.9 Å². The van der Waals surface area contributed by atoms with Gasteiger partial charge in [-0.15, -0.1) is 0 Å². The van der Waals surface area contributed by atoms with E-state index in [2.05, 4.69) is 38.1 Å². The number of nitrogens with zero attached hydrogens (tertiary/aromatic N) is 1. The van der Waals surface area contributed by atoms with Gasteiger partial charge in [0.2, 0.25) is 0 Å². The van der Waals surface area contributed by atoms with E-state index < -0.39 is 0 Å². The molecule has 0 amide bonds. The van der Waals surface area contributed by atoms with Gasteiger partial charge in [-0.2, -0.15) is 0 Å². The molecule has 0 bridgehead atoms. The Labute approximate surface area is 105 Å². The van der Waals surface area contributed by atoms with Crippen molar-refractivity contribution in [2.75, 3.05) is 14.1 Å². The van der Waals surface area contributed by atoms with Gasteiger partial charge < -0.3 is 10.0 Å². The summed E-state index contributed by atoms with van der Waals surface area (Å²) in [7, 11) is 4.18. The van der Waals surface area contributed by atoms with Crippen LogP contribution in [0.15, 0.2) is 30.3 Å². The number of aliphatic hydroxyl groups excluding tert-OH is 1. The molecule has 0 saturated carbocycles. The summed E-state index contributed by atoms with van der Waals surface area (Å²) in [5, 5.41) is 10.2. The third kappa shape index (κ3) is 4.14. The standard InChI is InChI=1S/C15H25NO/c1-5-15(17)14(11-12(2)16(3)4)13-9-7-6-8-10-13/h6-10,12,14-15,17H,5,11H2,1-4H3/t12-,14-,15+/m1/s1. The van der Waals surface area contributed by atoms with Crippen molar-refractivity contribution in [1.29, 1.82) is 0 Å². The van der Waals surface area contributed by atoms with Crippen LogP contribution in [0.25, 0.3) is 0 Å². The monoisotopic (exact) mass is 235 g/mol. The third-order valence-corrected chi connectivity index (χ3v) is 3.59. The molecule has 0 fully saturated rings. The van der Waals surface area contributed by atoms with E-state index in [1.165, 1.54) is 5.56 Å². The molecule has 3 atom stereocenters. The molecule has 0 aliphatic heterocycles. The average Bonchev–Trinajstić information content (AvgIpc) is 2.35. The van der Waals surface area contributed by atoms with Gasteiger partial charge >= 0.3 is 0 Å². The van der Waals surface area contributed by atoms with E-state index in [4.69, 9.17) is 0 Å². The van der Waals surface area contributed by atoms with Crippen molar-refractivity contribution in [3.8, 4) is 0 Å². The Balaban J connectivity index is 2.82. The lowest BCUT2D eigenvalue weighted by Gasteiger charge is -2.28. The molecular formula is C15H25NO. The molecule has 17 heavy (non-hydrogen) atoms. The molecule has 0 spiro atoms. The maximum atomic E-state index is 10.2. The minimum Gasteiger partial charge on any atom is -0.393 e. The molecule has 1 aromatic carbocycles. The smallest absolute Gasteiger partial charge is 0.0606 e. The largest absolute Gasteiger partial charge is 0.393 e. The lowest BCUT2D eigenvalue weighted by atomic mass is 9.86. The molecule has 96 valence electrons. The van der Waals surface area contributed by atoms with Crippen LogP contribution in [0, 0.1) is 0 Å². The maximum Gasteiger partial charge on any atom is 0.0606 e. The zero-order chi connectivity index (χ0) is 12.8. The Morgan fingerprint density at radius 2 is 1.76 bits per heavy atom. The lowest BCUT2D eigenvalue weighted by molar-refractivity contribution is 0.120. The number of aliphatic hydroxyl groups is 1. The minimum atomic E-state index is -0.250. The number of rotatable bonds is 6. The van der Waals surface area contributed by atoms with Crippen LogP contribution >= 0.6 is 0 Å². The van der Waals surface area contributed by atoms with Crippen molar-refractivity contribution in [2.24, 2.45) is 0 Å². The van der Waals surface area contributed by atoms with Gasteiger partial charge in [-0.3, -0.25) is 0 Å². The first-order chi connectivity index (χ1) is 8.06. The fraction of sp³-hybridized carbons (Fsp3) is 0.600. The van der Waals surface area contributed by atoms with Crippen LogP contribution < -0.4 is 0 Å². The summed E-state index contributed by atoms with van der Waals surface area (Å²) in [6.45, 7) is 4.25. The molecule has 1 aromatic rings. The highest BCUT2D eigenvalue weighted by atomic mass is 16.3. The summed E-state index contributed by atoms with van der Waals surface area (Å²) in [5.74, 6) is 0.235. The molecule has 2 nitrogen and oxygen atoms in total. The minimum absolute atomic E-state index is 0.235. The summed E-state index contributed by atoms with van der Waals surface area (Å²) < 4.78 is 0. The van der Waals surface area contributed by atoms with Crippen molar-refractivity contribution in [2.45, 2.75) is 44.8 Å². The summed E-state index contributed by atoms with van der Waals surface area (Å²) in [6, 6.07) is 10.8. The lowest BCUT2D eigenvalue weighted by Crippen LogP contribution is -2.30. The van der Waals surface area contributed by atoms with E-state index in [0.29, 0.717) is 6.04 Å². The predicted octanol–water partition coefficient (Wildman–Crippen LogP) is 2.88. The highest BCUT2D eigenvalue weighted by Gasteiger charge is 2.22. The van der Waals surface area contributed by atoms with Crippen molar-refractivity contribution >= 4 is 0 Å². The van der Waals surface area contributed by atoms with E-state index >= 15 is 0 Å². The average molecular weight is 235 g/mol. The zero-order valence-electron chi connectivity index (χ0n) is 11.4. The van der Waals surface area contributed by atoms with E-state index in [0.717, 1.165) is 12.8 Å². The Kier molecular flexibility index (Phi) is 5.66. The quantitative estimate of drug-likeness (QED) is 0.819. The van der Waals surface area contributed by atoms with Crippen LogP contribution in [0.1, 0.15) is 38.2 Å². The van der Waals surface area contributed by atoms with E-state index in [1.807, 2.05) is 25.1 Å². The third-order valence-electron chi connectivity index (χ3n) is 3.59. The zero-order valence-corrected chi connectivity index (χ0v) is 11.4. The van der Waals surface area contributed by atoms with Gasteiger partial charge in [0.25, 0.3) is 0 Å². The Bertz CT molecular complexity index is 310. The molecule has 0 unspecified atom stereocenters. The molecule has 1 rings (SSSR count). The molecular weight excluding hydrogens is 210 g/mol. The first-order valence-corrected chi connectivity index (χ1v) is 6.45. The SMILES string of the molecule is CC[C@H](O)[C@H](C[C@@H](C)N(C)C)c1ccccc1. The Morgan fingerprint density at radius 1 is 1.18 bits per heavy atom. The van der Waals surface area contributed by atoms with Crippen LogP contribution in [0.3, 0.4) is 0 Å². The second-order valence-electron chi connectivity index (χ2n) is 5.04. The van der Waals surface area contributed by atoms with E-state index in [9.17, 15) is 5.11 Å². The second-order valence-corrected chi connectivity index (χ2v) is 5.04. The van der Waals surface area contributed by atoms with Crippen LogP contribution in [-0.4, -0.2) is 36.2 Å². The summed E-state index contributed by atoms with van der Waals surface area (Å²) >= 11 is 0. The summed E-state index contributed by atoms with van der Waals surface area (Å²) in [5.41, 5.74) is 1.25. The van der Waals surface area contributed by atoms with Crippen LogP contribution in [0.2, 0.25) is 0 Å². The summed E-state index contributed by atoms with van der Waals surface area (Å²) in [4.78, 5) is 2.21. The van der Waals surface area contributed by atoms with Gasteiger partial charge in [-0.25, -0.2) is 0 Å². The van der Waals surface area contributed by atoms with Crippen LogP contribution in [0.5, 0.6) is 0 Å². The Morgan fingerprint density at radius 3 is 2.24 bits per heavy atom. The van der Waals surface area contributed by atoms with Crippen molar-refractivity contribution in [1.82, 2.24) is 4.90 Å². The fourth-order valence-electron chi connectivity index (χ4n) is 2.08. The summed E-state index contributed by atoms with van der Waals surface area (Å²) in [6.07, 6.45) is 1.55. The van der Waals surface area contributed by atoms with Gasteiger partial charge in [0.1, 0.15) is 0 Å². The van der Waals surface area contributed by atoms with E-state index in [-0.39, 0.29) is 12.0 Å². The number of benzene rings is 1. The fourth-order valence-corrected chi connectivity index (χ4v) is 2.08. The molecule has 0 saturated heterocycles. The molecule has 0 heterocycles. The first-order valence-electron chi connectivity index (χ1n) is 6.45. The van der Waals surface area contributed by atoms with Gasteiger partial charge in [-0.05, 0) is 39.4 Å². The maximum absolute atomic E-state index is 10.2. The van der Waals surface area contributed by atoms with Crippen molar-refractivity contribution < 1.29 is 5.11 Å². The first kappa shape index (κ1) is 14.2. The van der Waals surface area contributed by atoms with Crippen LogP contribution in [0.4, 0.5) is 0 Å². The van der Waals surface area contributed by atoms with Crippen molar-refractivity contribution in [3.63, 3.8) is 0 Å². The number of hydrogen-bond acceptors (Lipinski definition) is 2. The number of hydrogen-bond donors (Lipinski definition) is 1. The molecule has 2 heteroatoms. The molecule has 0 aliphatic carbocycles. The topological polar surface area (TPSA) is 23.5 Å². The highest BCUT2D eigenvalue weighted by Crippen LogP contribution is 2.27. The molecule has 0 aromatic heterocycles. The van der Waals surface area contributed by atoms with Crippen LogP contribution in [-0.2, 0) is 0 Å². The highest BCUT2D eigenvalue weighted by molar-refractivity contribution is 5.21. The Hall–Kier alpha value is -0.860. The van der Waals surface area contributed by atoms with Gasteiger partial charge in [0, 0.05) is 12.0 Å². The normalized spacial score (nSPS) is 16.8. The molecule has 1 N–H and O–H groups in total. The van der Waals surface area contributed by atoms with Gasteiger partial charge in [0.15, 0.2) is 0 Å². The second kappa shape index (κ2) is 6.77. The predicted molar refractivity (Wildman–Crippen MR) is 73.2 cm³/mol. The van der Waals surface area contributed by atoms with Gasteiger partial charge in [0.05, 0.1) is 6.10 Å². The van der Waals surface area contributed by atoms with Gasteiger partial charge in [-0.1, -0.05) is 37.3 Å². The molecule has 0 aliphatic rings. The van der Waals surface area contributed by atoms with E-state index in [1.54, 1.807) is 0 Å². The molecule has 0 radical (unpaired) electrons.